The predicted molar refractivity (Wildman–Crippen MR) is 127 cm³/mol. The molecule has 0 spiro atoms. The molecule has 4 aromatic rings. The summed E-state index contributed by atoms with van der Waals surface area (Å²) in [5.41, 5.74) is 2.13. The van der Waals surface area contributed by atoms with E-state index in [2.05, 4.69) is 30.8 Å². The minimum Gasteiger partial charge on any atom is -0.348 e. The molecule has 0 aliphatic rings. The highest BCUT2D eigenvalue weighted by molar-refractivity contribution is 6.30. The topological polar surface area (TPSA) is 113 Å². The average molecular weight is 461 g/mol. The fraction of sp³-hybridized carbons (Fsp3) is 0.125. The van der Waals surface area contributed by atoms with Crippen molar-refractivity contribution in [3.8, 4) is 11.4 Å². The van der Waals surface area contributed by atoms with Crippen molar-refractivity contribution in [2.45, 2.75) is 19.5 Å². The molecule has 2 heterocycles. The Balaban J connectivity index is 1.51. The highest BCUT2D eigenvalue weighted by atomic mass is 35.5. The first-order valence-electron chi connectivity index (χ1n) is 10.3. The third-order valence-corrected chi connectivity index (χ3v) is 5.23. The summed E-state index contributed by atoms with van der Waals surface area (Å²) in [5, 5.41) is 13.0. The second kappa shape index (κ2) is 10.1. The lowest BCUT2D eigenvalue weighted by atomic mass is 10.1. The Bertz CT molecular complexity index is 1310. The number of halogens is 1. The van der Waals surface area contributed by atoms with E-state index >= 15 is 0 Å². The Morgan fingerprint density at radius 2 is 1.82 bits per heavy atom. The van der Waals surface area contributed by atoms with Crippen LogP contribution in [0.15, 0.2) is 77.7 Å². The van der Waals surface area contributed by atoms with Gasteiger partial charge in [0.25, 0.3) is 11.5 Å². The fourth-order valence-corrected chi connectivity index (χ4v) is 3.30. The van der Waals surface area contributed by atoms with E-state index in [-0.39, 0.29) is 18.2 Å². The third-order valence-electron chi connectivity index (χ3n) is 4.98. The van der Waals surface area contributed by atoms with Gasteiger partial charge in [-0.3, -0.25) is 9.59 Å². The lowest BCUT2D eigenvalue weighted by Crippen LogP contribution is -2.29. The first-order chi connectivity index (χ1) is 16.0. The van der Waals surface area contributed by atoms with Gasteiger partial charge >= 0.3 is 0 Å². The van der Waals surface area contributed by atoms with Crippen LogP contribution in [0.5, 0.6) is 0 Å². The molecule has 2 aromatic heterocycles. The quantitative estimate of drug-likeness (QED) is 0.384. The molecule has 0 radical (unpaired) electrons. The molecule has 8 nitrogen and oxygen atoms in total. The van der Waals surface area contributed by atoms with E-state index < -0.39 is 11.5 Å². The van der Waals surface area contributed by atoms with E-state index in [0.717, 1.165) is 11.1 Å². The Morgan fingerprint density at radius 1 is 1.06 bits per heavy atom. The van der Waals surface area contributed by atoms with Gasteiger partial charge in [-0.2, -0.15) is 5.10 Å². The van der Waals surface area contributed by atoms with Crippen molar-refractivity contribution in [1.82, 2.24) is 25.5 Å². The van der Waals surface area contributed by atoms with Crippen LogP contribution in [0.1, 0.15) is 34.5 Å². The summed E-state index contributed by atoms with van der Waals surface area (Å²) in [6.07, 6.45) is 1.59. The van der Waals surface area contributed by atoms with Crippen LogP contribution < -0.4 is 16.2 Å². The molecule has 166 valence electrons. The largest absolute Gasteiger partial charge is 0.348 e. The number of carbonyl (C=O) groups excluding carboxylic acids is 1. The summed E-state index contributed by atoms with van der Waals surface area (Å²) in [5.74, 6) is -0.106. The van der Waals surface area contributed by atoms with Gasteiger partial charge in [-0.1, -0.05) is 54.1 Å². The molecule has 1 unspecified atom stereocenters. The number of benzene rings is 2. The molecule has 0 aliphatic heterocycles. The van der Waals surface area contributed by atoms with Gasteiger partial charge in [-0.15, -0.1) is 0 Å². The standard InChI is InChI=1S/C24H21ClN6O2/c1-15(17-5-3-2-4-6-17)28-24-26-12-11-20(29-24)21-13-19(23(33)31-30-21)22(32)27-14-16-7-9-18(25)10-8-16/h2-13,15H,14H2,1H3,(H,27,32)(H,31,33)(H,26,28,29). The van der Waals surface area contributed by atoms with E-state index in [0.29, 0.717) is 22.4 Å². The second-order valence-electron chi connectivity index (χ2n) is 7.35. The lowest BCUT2D eigenvalue weighted by molar-refractivity contribution is 0.0949. The molecule has 1 atom stereocenters. The number of hydrogen-bond acceptors (Lipinski definition) is 6. The Kier molecular flexibility index (Phi) is 6.75. The van der Waals surface area contributed by atoms with Crippen LogP contribution >= 0.6 is 11.6 Å². The van der Waals surface area contributed by atoms with Crippen LogP contribution in [0.25, 0.3) is 11.4 Å². The zero-order chi connectivity index (χ0) is 23.2. The molecule has 2 aromatic carbocycles. The monoisotopic (exact) mass is 460 g/mol. The highest BCUT2D eigenvalue weighted by Crippen LogP contribution is 2.19. The molecule has 9 heteroatoms. The van der Waals surface area contributed by atoms with Gasteiger partial charge in [0.05, 0.1) is 11.7 Å². The maximum absolute atomic E-state index is 12.6. The first-order valence-corrected chi connectivity index (χ1v) is 10.6. The molecule has 3 N–H and O–H groups in total. The number of amides is 1. The smallest absolute Gasteiger partial charge is 0.277 e. The van der Waals surface area contributed by atoms with Crippen LogP contribution in [-0.4, -0.2) is 26.1 Å². The van der Waals surface area contributed by atoms with Gasteiger partial charge in [0.15, 0.2) is 0 Å². The van der Waals surface area contributed by atoms with Crippen molar-refractivity contribution in [3.05, 3.63) is 105 Å². The van der Waals surface area contributed by atoms with E-state index in [1.807, 2.05) is 37.3 Å². The molecule has 0 saturated carbocycles. The molecule has 0 aliphatic carbocycles. The minimum absolute atomic E-state index is 0.0146. The summed E-state index contributed by atoms with van der Waals surface area (Å²) in [6.45, 7) is 2.26. The summed E-state index contributed by atoms with van der Waals surface area (Å²) in [4.78, 5) is 33.6. The summed E-state index contributed by atoms with van der Waals surface area (Å²) in [6, 6.07) is 20.1. The summed E-state index contributed by atoms with van der Waals surface area (Å²) >= 11 is 5.88. The van der Waals surface area contributed by atoms with Gasteiger partial charge in [-0.25, -0.2) is 15.1 Å². The van der Waals surface area contributed by atoms with E-state index in [1.54, 1.807) is 36.5 Å². The molecule has 4 rings (SSSR count). The molecule has 0 fully saturated rings. The van der Waals surface area contributed by atoms with E-state index in [4.69, 9.17) is 11.6 Å². The number of H-pyrrole nitrogens is 1. The van der Waals surface area contributed by atoms with Gasteiger partial charge in [0, 0.05) is 17.8 Å². The zero-order valence-electron chi connectivity index (χ0n) is 17.7. The van der Waals surface area contributed by atoms with Gasteiger partial charge in [-0.05, 0) is 42.3 Å². The maximum Gasteiger partial charge on any atom is 0.277 e. The SMILES string of the molecule is CC(Nc1nccc(-c2cc(C(=O)NCc3ccc(Cl)cc3)c(=O)[nH]n2)n1)c1ccccc1. The van der Waals surface area contributed by atoms with Crippen molar-refractivity contribution >= 4 is 23.5 Å². The van der Waals surface area contributed by atoms with E-state index in [1.165, 1.54) is 6.07 Å². The maximum atomic E-state index is 12.6. The number of nitrogens with zero attached hydrogens (tertiary/aromatic N) is 3. The van der Waals surface area contributed by atoms with Gasteiger partial charge in [0.2, 0.25) is 5.95 Å². The molecule has 0 saturated heterocycles. The number of rotatable bonds is 7. The van der Waals surface area contributed by atoms with E-state index in [9.17, 15) is 9.59 Å². The highest BCUT2D eigenvalue weighted by Gasteiger charge is 2.15. The van der Waals surface area contributed by atoms with Crippen molar-refractivity contribution in [3.63, 3.8) is 0 Å². The van der Waals surface area contributed by atoms with Crippen molar-refractivity contribution in [2.75, 3.05) is 5.32 Å². The Hall–Kier alpha value is -4.04. The third kappa shape index (κ3) is 5.61. The van der Waals surface area contributed by atoms with Gasteiger partial charge < -0.3 is 10.6 Å². The Morgan fingerprint density at radius 3 is 2.58 bits per heavy atom. The number of nitrogens with one attached hydrogen (secondary N) is 3. The fourth-order valence-electron chi connectivity index (χ4n) is 3.18. The van der Waals surface area contributed by atoms with Crippen molar-refractivity contribution in [1.29, 1.82) is 0 Å². The molecule has 0 bridgehead atoms. The van der Waals surface area contributed by atoms with Crippen LogP contribution in [0.2, 0.25) is 5.02 Å². The lowest BCUT2D eigenvalue weighted by Gasteiger charge is -2.14. The predicted octanol–water partition coefficient (Wildman–Crippen LogP) is 3.98. The van der Waals surface area contributed by atoms with Crippen molar-refractivity contribution in [2.24, 2.45) is 0 Å². The van der Waals surface area contributed by atoms with Crippen LogP contribution in [0.3, 0.4) is 0 Å². The number of anilines is 1. The van der Waals surface area contributed by atoms with Crippen molar-refractivity contribution < 1.29 is 4.79 Å². The molecular weight excluding hydrogens is 440 g/mol. The molecular formula is C24H21ClN6O2. The second-order valence-corrected chi connectivity index (χ2v) is 7.78. The van der Waals surface area contributed by atoms with Crippen LogP contribution in [0, 0.1) is 0 Å². The molecule has 33 heavy (non-hydrogen) atoms. The Labute approximate surface area is 195 Å². The minimum atomic E-state index is -0.586. The number of hydrogen-bond donors (Lipinski definition) is 3. The summed E-state index contributed by atoms with van der Waals surface area (Å²) in [7, 11) is 0. The first kappa shape index (κ1) is 22.2. The average Bonchev–Trinajstić information content (AvgIpc) is 2.84. The number of carbonyl (C=O) groups is 1. The number of aromatic nitrogens is 4. The summed E-state index contributed by atoms with van der Waals surface area (Å²) < 4.78 is 0. The number of aromatic amines is 1. The molecule has 1 amide bonds. The van der Waals surface area contributed by atoms with Crippen LogP contribution in [0.4, 0.5) is 5.95 Å². The zero-order valence-corrected chi connectivity index (χ0v) is 18.5. The normalized spacial score (nSPS) is 11.6. The van der Waals surface area contributed by atoms with Crippen LogP contribution in [-0.2, 0) is 6.54 Å². The van der Waals surface area contributed by atoms with Gasteiger partial charge in [0.1, 0.15) is 11.3 Å².